The Bertz CT molecular complexity index is 963. The first-order chi connectivity index (χ1) is 14.0. The molecule has 0 atom stereocenters. The molecule has 0 spiro atoms. The molecule has 3 nitrogen and oxygen atoms in total. The van der Waals surface area contributed by atoms with Gasteiger partial charge in [-0.25, -0.2) is 4.39 Å². The number of ether oxygens (including phenoxy) is 2. The number of nitrogens with one attached hydrogen (secondary N) is 1. The number of methoxy groups -OCH3 is 1. The molecule has 3 aromatic rings. The molecule has 3 aromatic carbocycles. The maximum atomic E-state index is 13.0. The van der Waals surface area contributed by atoms with Crippen molar-refractivity contribution in [2.24, 2.45) is 0 Å². The minimum absolute atomic E-state index is 0.218. The number of hydrogen-bond donors (Lipinski definition) is 1. The van der Waals surface area contributed by atoms with Crippen molar-refractivity contribution in [3.63, 3.8) is 0 Å². The number of halogens is 4. The van der Waals surface area contributed by atoms with Crippen LogP contribution in [0.4, 0.5) is 4.39 Å². The van der Waals surface area contributed by atoms with Gasteiger partial charge in [0.25, 0.3) is 0 Å². The Labute approximate surface area is 187 Å². The van der Waals surface area contributed by atoms with Gasteiger partial charge in [0, 0.05) is 28.7 Å². The third-order valence-corrected chi connectivity index (χ3v) is 5.58. The molecule has 0 heterocycles. The molecule has 0 radical (unpaired) electrons. The molecule has 0 saturated carbocycles. The van der Waals surface area contributed by atoms with Crippen molar-refractivity contribution in [3.8, 4) is 11.5 Å². The van der Waals surface area contributed by atoms with Crippen LogP contribution in [0.25, 0.3) is 0 Å². The van der Waals surface area contributed by atoms with Gasteiger partial charge in [-0.2, -0.15) is 0 Å². The number of hydrogen-bond acceptors (Lipinski definition) is 3. The van der Waals surface area contributed by atoms with Crippen LogP contribution >= 0.6 is 39.1 Å². The Morgan fingerprint density at radius 3 is 2.28 bits per heavy atom. The third-order valence-electron chi connectivity index (χ3n) is 4.28. The van der Waals surface area contributed by atoms with Gasteiger partial charge >= 0.3 is 0 Å². The van der Waals surface area contributed by atoms with Gasteiger partial charge in [0.1, 0.15) is 12.4 Å². The molecule has 0 aliphatic carbocycles. The maximum absolute atomic E-state index is 13.0. The smallest absolute Gasteiger partial charge is 0.175 e. The molecule has 0 aliphatic heterocycles. The molecule has 29 heavy (non-hydrogen) atoms. The van der Waals surface area contributed by atoms with Gasteiger partial charge < -0.3 is 14.8 Å². The monoisotopic (exact) mass is 497 g/mol. The molecule has 1 N–H and O–H groups in total. The summed E-state index contributed by atoms with van der Waals surface area (Å²) in [4.78, 5) is 0. The van der Waals surface area contributed by atoms with Gasteiger partial charge in [-0.15, -0.1) is 0 Å². The SMILES string of the molecule is COc1cc(CNCc2ccc(F)cc2)cc(Br)c1OCc1c(Cl)cccc1Cl. The van der Waals surface area contributed by atoms with Crippen molar-refractivity contribution in [1.29, 1.82) is 0 Å². The van der Waals surface area contributed by atoms with E-state index in [1.165, 1.54) is 12.1 Å². The van der Waals surface area contributed by atoms with E-state index in [1.54, 1.807) is 37.4 Å². The number of rotatable bonds is 8. The van der Waals surface area contributed by atoms with E-state index in [0.717, 1.165) is 21.2 Å². The second-order valence-electron chi connectivity index (χ2n) is 6.33. The van der Waals surface area contributed by atoms with Crippen molar-refractivity contribution in [2.75, 3.05) is 7.11 Å². The summed E-state index contributed by atoms with van der Waals surface area (Å²) in [7, 11) is 1.59. The maximum Gasteiger partial charge on any atom is 0.175 e. The quantitative estimate of drug-likeness (QED) is 0.371. The summed E-state index contributed by atoms with van der Waals surface area (Å²) < 4.78 is 25.2. The van der Waals surface area contributed by atoms with Crippen LogP contribution in [0, 0.1) is 5.82 Å². The van der Waals surface area contributed by atoms with Crippen LogP contribution in [0.1, 0.15) is 16.7 Å². The molecular weight excluding hydrogens is 480 g/mol. The molecule has 0 saturated heterocycles. The van der Waals surface area contributed by atoms with Crippen LogP contribution in [0.3, 0.4) is 0 Å². The van der Waals surface area contributed by atoms with E-state index in [0.29, 0.717) is 34.6 Å². The fraction of sp³-hybridized carbons (Fsp3) is 0.182. The van der Waals surface area contributed by atoms with Gasteiger partial charge in [-0.3, -0.25) is 0 Å². The zero-order valence-electron chi connectivity index (χ0n) is 15.6. The van der Waals surface area contributed by atoms with Crippen LogP contribution in [0.5, 0.6) is 11.5 Å². The lowest BCUT2D eigenvalue weighted by atomic mass is 10.1. The zero-order chi connectivity index (χ0) is 20.8. The molecule has 7 heteroatoms. The molecule has 0 unspecified atom stereocenters. The molecule has 0 aromatic heterocycles. The second kappa shape index (κ2) is 10.3. The second-order valence-corrected chi connectivity index (χ2v) is 8.00. The first-order valence-corrected chi connectivity index (χ1v) is 10.4. The van der Waals surface area contributed by atoms with Gasteiger partial charge in [-0.1, -0.05) is 41.4 Å². The fourth-order valence-electron chi connectivity index (χ4n) is 2.78. The van der Waals surface area contributed by atoms with Gasteiger partial charge in [0.05, 0.1) is 11.6 Å². The summed E-state index contributed by atoms with van der Waals surface area (Å²) in [6.45, 7) is 1.46. The van der Waals surface area contributed by atoms with Crippen molar-refractivity contribution in [2.45, 2.75) is 19.7 Å². The summed E-state index contributed by atoms with van der Waals surface area (Å²) in [5, 5.41) is 4.43. The predicted molar refractivity (Wildman–Crippen MR) is 118 cm³/mol. The Kier molecular flexibility index (Phi) is 7.78. The van der Waals surface area contributed by atoms with Crippen molar-refractivity contribution in [3.05, 3.63) is 91.6 Å². The lowest BCUT2D eigenvalue weighted by Gasteiger charge is -2.16. The Morgan fingerprint density at radius 1 is 0.966 bits per heavy atom. The van der Waals surface area contributed by atoms with Crippen LogP contribution in [-0.4, -0.2) is 7.11 Å². The molecule has 0 fully saturated rings. The lowest BCUT2D eigenvalue weighted by Crippen LogP contribution is -2.13. The predicted octanol–water partition coefficient (Wildman–Crippen LogP) is 6.77. The van der Waals surface area contributed by atoms with Crippen molar-refractivity contribution < 1.29 is 13.9 Å². The van der Waals surface area contributed by atoms with E-state index in [1.807, 2.05) is 12.1 Å². The topological polar surface area (TPSA) is 30.5 Å². The largest absolute Gasteiger partial charge is 0.493 e. The molecule has 0 aliphatic rings. The standard InChI is InChI=1S/C22H19BrCl2FNO2/c1-28-21-10-15(12-27-11-14-5-7-16(26)8-6-14)9-18(23)22(21)29-13-17-19(24)3-2-4-20(17)25/h2-10,27H,11-13H2,1H3. The Hall–Kier alpha value is -1.79. The van der Waals surface area contributed by atoms with Crippen LogP contribution in [-0.2, 0) is 19.7 Å². The highest BCUT2D eigenvalue weighted by Gasteiger charge is 2.14. The zero-order valence-corrected chi connectivity index (χ0v) is 18.7. The summed E-state index contributed by atoms with van der Waals surface area (Å²) in [6.07, 6.45) is 0. The van der Waals surface area contributed by atoms with Gasteiger partial charge in [-0.05, 0) is 63.5 Å². The van der Waals surface area contributed by atoms with E-state index in [4.69, 9.17) is 32.7 Å². The minimum Gasteiger partial charge on any atom is -0.493 e. The normalized spacial score (nSPS) is 10.8. The molecule has 3 rings (SSSR count). The summed E-state index contributed by atoms with van der Waals surface area (Å²) >= 11 is 16.0. The van der Waals surface area contributed by atoms with E-state index >= 15 is 0 Å². The van der Waals surface area contributed by atoms with Crippen molar-refractivity contribution in [1.82, 2.24) is 5.32 Å². The fourth-order valence-corrected chi connectivity index (χ4v) is 3.89. The van der Waals surface area contributed by atoms with E-state index in [2.05, 4.69) is 21.2 Å². The first kappa shape index (κ1) is 21.9. The highest BCUT2D eigenvalue weighted by Crippen LogP contribution is 2.38. The third kappa shape index (κ3) is 5.86. The van der Waals surface area contributed by atoms with Crippen LogP contribution in [0.15, 0.2) is 59.1 Å². The highest BCUT2D eigenvalue weighted by atomic mass is 79.9. The van der Waals surface area contributed by atoms with E-state index in [9.17, 15) is 4.39 Å². The van der Waals surface area contributed by atoms with Crippen LogP contribution in [0.2, 0.25) is 10.0 Å². The summed E-state index contributed by atoms with van der Waals surface area (Å²) in [5.74, 6) is 0.933. The first-order valence-electron chi connectivity index (χ1n) is 8.85. The average molecular weight is 499 g/mol. The van der Waals surface area contributed by atoms with E-state index in [-0.39, 0.29) is 12.4 Å². The highest BCUT2D eigenvalue weighted by molar-refractivity contribution is 9.10. The molecule has 0 bridgehead atoms. The lowest BCUT2D eigenvalue weighted by molar-refractivity contribution is 0.282. The number of benzene rings is 3. The van der Waals surface area contributed by atoms with Gasteiger partial charge in [0.2, 0.25) is 0 Å². The molecular formula is C22H19BrCl2FNO2. The van der Waals surface area contributed by atoms with Crippen molar-refractivity contribution >= 4 is 39.1 Å². The summed E-state index contributed by atoms with van der Waals surface area (Å²) in [6, 6.07) is 15.6. The average Bonchev–Trinajstić information content (AvgIpc) is 2.70. The molecule has 0 amide bonds. The van der Waals surface area contributed by atoms with E-state index < -0.39 is 0 Å². The molecule has 152 valence electrons. The Morgan fingerprint density at radius 2 is 1.62 bits per heavy atom. The summed E-state index contributed by atoms with van der Waals surface area (Å²) in [5.41, 5.74) is 2.74. The van der Waals surface area contributed by atoms with Gasteiger partial charge in [0.15, 0.2) is 11.5 Å². The van der Waals surface area contributed by atoms with Crippen LogP contribution < -0.4 is 14.8 Å². The Balaban J connectivity index is 1.67. The minimum atomic E-state index is -0.240.